The third kappa shape index (κ3) is 3.36. The van der Waals surface area contributed by atoms with Gasteiger partial charge in [-0.15, -0.1) is 0 Å². The second-order valence-corrected chi connectivity index (χ2v) is 7.53. The molecule has 4 rings (SSSR count). The van der Waals surface area contributed by atoms with Crippen molar-refractivity contribution >= 4 is 33.9 Å². The van der Waals surface area contributed by atoms with Crippen molar-refractivity contribution in [2.75, 3.05) is 18.1 Å². The fourth-order valence-electron chi connectivity index (χ4n) is 3.75. The zero-order valence-corrected chi connectivity index (χ0v) is 16.6. The third-order valence-corrected chi connectivity index (χ3v) is 5.61. The fraction of sp³-hybridized carbons (Fsp3) is 0.261. The van der Waals surface area contributed by atoms with Crippen LogP contribution in [0.4, 0.5) is 11.5 Å². The molecule has 1 aromatic carbocycles. The highest BCUT2D eigenvalue weighted by atomic mass is 16.2. The molecule has 0 unspecified atom stereocenters. The van der Waals surface area contributed by atoms with Crippen LogP contribution in [0.3, 0.4) is 0 Å². The summed E-state index contributed by atoms with van der Waals surface area (Å²) in [6.07, 6.45) is 7.29. The number of nitrogen functional groups attached to an aromatic ring is 1. The minimum atomic E-state index is -0.236. The number of amides is 1. The summed E-state index contributed by atoms with van der Waals surface area (Å²) < 4.78 is 0. The summed E-state index contributed by atoms with van der Waals surface area (Å²) in [5.74, 6) is -0.106. The Bertz CT molecular complexity index is 1140. The first-order chi connectivity index (χ1) is 13.9. The van der Waals surface area contributed by atoms with Crippen molar-refractivity contribution in [3.05, 3.63) is 60.0 Å². The van der Waals surface area contributed by atoms with Crippen molar-refractivity contribution < 1.29 is 4.79 Å². The number of aromatic nitrogens is 1. The number of rotatable bonds is 4. The lowest BCUT2D eigenvalue weighted by Gasteiger charge is -2.29. The van der Waals surface area contributed by atoms with Gasteiger partial charge in [0.2, 0.25) is 5.91 Å². The zero-order valence-electron chi connectivity index (χ0n) is 16.6. The first kappa shape index (κ1) is 18.8. The van der Waals surface area contributed by atoms with Crippen LogP contribution < -0.4 is 11.1 Å². The molecule has 1 amide bonds. The molecule has 0 bridgehead atoms. The molecule has 29 heavy (non-hydrogen) atoms. The van der Waals surface area contributed by atoms with Crippen LogP contribution in [-0.4, -0.2) is 22.8 Å². The van der Waals surface area contributed by atoms with Gasteiger partial charge in [0.05, 0.1) is 23.6 Å². The number of anilines is 2. The van der Waals surface area contributed by atoms with Crippen molar-refractivity contribution in [2.45, 2.75) is 19.8 Å². The Morgan fingerprint density at radius 3 is 2.90 bits per heavy atom. The second-order valence-electron chi connectivity index (χ2n) is 7.53. The van der Waals surface area contributed by atoms with E-state index < -0.39 is 0 Å². The van der Waals surface area contributed by atoms with Gasteiger partial charge >= 0.3 is 0 Å². The van der Waals surface area contributed by atoms with Crippen LogP contribution in [-0.2, 0) is 4.79 Å². The van der Waals surface area contributed by atoms with Gasteiger partial charge < -0.3 is 16.0 Å². The minimum absolute atomic E-state index is 0.156. The normalized spacial score (nSPS) is 20.7. The number of nitrogens with two attached hydrogens (primary N) is 1. The molecular weight excluding hydrogens is 362 g/mol. The fourth-order valence-corrected chi connectivity index (χ4v) is 3.75. The Morgan fingerprint density at radius 2 is 2.21 bits per heavy atom. The van der Waals surface area contributed by atoms with Crippen LogP contribution in [0.25, 0.3) is 16.5 Å². The van der Waals surface area contributed by atoms with E-state index in [0.29, 0.717) is 17.9 Å². The van der Waals surface area contributed by atoms with Gasteiger partial charge in [0.15, 0.2) is 0 Å². The van der Waals surface area contributed by atoms with Crippen molar-refractivity contribution in [1.29, 1.82) is 5.26 Å². The number of fused-ring (bicyclic) bond motifs is 1. The number of carbonyl (C=O) groups excluding carboxylic acids is 1. The van der Waals surface area contributed by atoms with Gasteiger partial charge in [-0.3, -0.25) is 4.79 Å². The lowest BCUT2D eigenvalue weighted by atomic mass is 9.96. The van der Waals surface area contributed by atoms with Crippen LogP contribution in [0.1, 0.15) is 25.3 Å². The topological polar surface area (TPSA) is 95.0 Å². The maximum atomic E-state index is 12.3. The van der Waals surface area contributed by atoms with Gasteiger partial charge in [-0.05, 0) is 48.1 Å². The van der Waals surface area contributed by atoms with Crippen molar-refractivity contribution in [3.63, 3.8) is 0 Å². The van der Waals surface area contributed by atoms with Gasteiger partial charge in [0.1, 0.15) is 5.82 Å². The van der Waals surface area contributed by atoms with Gasteiger partial charge in [0.25, 0.3) is 0 Å². The molecule has 3 N–H and O–H groups in total. The van der Waals surface area contributed by atoms with E-state index in [1.807, 2.05) is 25.3 Å². The van der Waals surface area contributed by atoms with E-state index in [9.17, 15) is 4.79 Å². The van der Waals surface area contributed by atoms with Crippen LogP contribution in [0, 0.1) is 23.2 Å². The van der Waals surface area contributed by atoms with Crippen molar-refractivity contribution in [2.24, 2.45) is 11.8 Å². The van der Waals surface area contributed by atoms with Crippen LogP contribution in [0.2, 0.25) is 0 Å². The number of carbonyl (C=O) groups is 1. The number of hydrogen-bond acceptors (Lipinski definition) is 5. The van der Waals surface area contributed by atoms with E-state index >= 15 is 0 Å². The summed E-state index contributed by atoms with van der Waals surface area (Å²) in [5.41, 5.74) is 11.2. The standard InChI is InChI=1S/C23H23N5O/c1-4-14-6-5-13(2)28(3)22(14)16-7-15-10-21(26-12-19(15)20(25)9-16)27-23(29)18-8-17(18)11-24/h5-7,9-10,12,17-18H,2,4,8,25H2,1,3H3,(H,26,27,29)/t17-,18+/m0/s1. The number of allylic oxidation sites excluding steroid dienone is 3. The Morgan fingerprint density at radius 1 is 1.41 bits per heavy atom. The minimum Gasteiger partial charge on any atom is -0.398 e. The highest BCUT2D eigenvalue weighted by Gasteiger charge is 2.43. The summed E-state index contributed by atoms with van der Waals surface area (Å²) in [5, 5.41) is 13.5. The molecule has 1 fully saturated rings. The molecule has 6 heteroatoms. The summed E-state index contributed by atoms with van der Waals surface area (Å²) in [6, 6.07) is 7.98. The van der Waals surface area contributed by atoms with E-state index in [1.54, 1.807) is 6.20 Å². The highest BCUT2D eigenvalue weighted by Crippen LogP contribution is 2.39. The van der Waals surface area contributed by atoms with E-state index in [1.165, 1.54) is 5.57 Å². The maximum Gasteiger partial charge on any atom is 0.230 e. The lowest BCUT2D eigenvalue weighted by molar-refractivity contribution is -0.117. The molecule has 0 saturated heterocycles. The Hall–Kier alpha value is -3.59. The molecule has 2 aliphatic rings. The molecule has 1 aliphatic carbocycles. The summed E-state index contributed by atoms with van der Waals surface area (Å²) >= 11 is 0. The molecule has 1 saturated carbocycles. The molecule has 146 valence electrons. The van der Waals surface area contributed by atoms with Crippen LogP contribution in [0.15, 0.2) is 54.4 Å². The second kappa shape index (κ2) is 7.10. The average molecular weight is 385 g/mol. The Labute approximate surface area is 170 Å². The number of pyridine rings is 1. The summed E-state index contributed by atoms with van der Waals surface area (Å²) in [7, 11) is 2.00. The predicted molar refractivity (Wildman–Crippen MR) is 115 cm³/mol. The number of nitriles is 1. The molecular formula is C23H23N5O. The first-order valence-electron chi connectivity index (χ1n) is 9.67. The monoisotopic (exact) mass is 385 g/mol. The van der Waals surface area contributed by atoms with Gasteiger partial charge in [-0.25, -0.2) is 4.98 Å². The summed E-state index contributed by atoms with van der Waals surface area (Å²) in [4.78, 5) is 18.7. The number of nitrogens with zero attached hydrogens (tertiary/aromatic N) is 3. The molecule has 1 aliphatic heterocycles. The number of benzene rings is 1. The van der Waals surface area contributed by atoms with Gasteiger partial charge in [-0.1, -0.05) is 19.6 Å². The molecule has 2 aromatic rings. The molecule has 0 spiro atoms. The zero-order chi connectivity index (χ0) is 20.7. The van der Waals surface area contributed by atoms with E-state index in [-0.39, 0.29) is 17.7 Å². The molecule has 1 aromatic heterocycles. The maximum absolute atomic E-state index is 12.3. The lowest BCUT2D eigenvalue weighted by Crippen LogP contribution is -2.19. The smallest absolute Gasteiger partial charge is 0.230 e. The van der Waals surface area contributed by atoms with Crippen molar-refractivity contribution in [1.82, 2.24) is 9.88 Å². The summed E-state index contributed by atoms with van der Waals surface area (Å²) in [6.45, 7) is 6.22. The predicted octanol–water partition coefficient (Wildman–Crippen LogP) is 4.05. The molecule has 0 radical (unpaired) electrons. The van der Waals surface area contributed by atoms with Crippen molar-refractivity contribution in [3.8, 4) is 6.07 Å². The largest absolute Gasteiger partial charge is 0.398 e. The Kier molecular flexibility index (Phi) is 4.59. The molecule has 6 nitrogen and oxygen atoms in total. The SMILES string of the molecule is C=C1C=CC(CC)=C(c2cc(N)c3cnc(NC(=O)[C@@H]4C[C@H]4C#N)cc3c2)N1C. The number of hydrogen-bond donors (Lipinski definition) is 2. The molecule has 2 atom stereocenters. The van der Waals surface area contributed by atoms with Crippen LogP contribution in [0.5, 0.6) is 0 Å². The van der Waals surface area contributed by atoms with Gasteiger partial charge in [0, 0.05) is 35.6 Å². The number of nitrogens with one attached hydrogen (secondary N) is 1. The van der Waals surface area contributed by atoms with E-state index in [0.717, 1.165) is 34.2 Å². The van der Waals surface area contributed by atoms with Crippen LogP contribution >= 0.6 is 0 Å². The van der Waals surface area contributed by atoms with E-state index in [4.69, 9.17) is 11.0 Å². The van der Waals surface area contributed by atoms with E-state index in [2.05, 4.69) is 46.9 Å². The molecule has 2 heterocycles. The highest BCUT2D eigenvalue weighted by molar-refractivity contribution is 5.99. The quantitative estimate of drug-likeness (QED) is 0.774. The Balaban J connectivity index is 1.73. The average Bonchev–Trinajstić information content (AvgIpc) is 3.49. The van der Waals surface area contributed by atoms with Gasteiger partial charge in [-0.2, -0.15) is 5.26 Å². The third-order valence-electron chi connectivity index (χ3n) is 5.61. The number of likely N-dealkylation sites (N-methyl/N-ethyl adjacent to an activating group) is 1. The first-order valence-corrected chi connectivity index (χ1v) is 9.67.